The van der Waals surface area contributed by atoms with Gasteiger partial charge in [0.2, 0.25) is 10.0 Å². The molecule has 3 aromatic rings. The molecule has 1 fully saturated rings. The Bertz CT molecular complexity index is 1090. The number of hydrogen-bond donors (Lipinski definition) is 1. The van der Waals surface area contributed by atoms with Crippen molar-refractivity contribution in [3.63, 3.8) is 0 Å². The van der Waals surface area contributed by atoms with Crippen molar-refractivity contribution in [2.75, 3.05) is 10.6 Å². The molecule has 1 saturated carbocycles. The standard InChI is InChI=1S/C20H20N2O3S2/c1-27(24,25)22(13-14-5-3-2-4-6-14)17-9-10-18-15(11-17)12-19(26-18)20(23)21-16-7-8-16/h2-6,9-12,16H,7-8,13H2,1H3,(H,21,23). The number of benzene rings is 2. The summed E-state index contributed by atoms with van der Waals surface area (Å²) in [5.41, 5.74) is 1.51. The van der Waals surface area contributed by atoms with E-state index in [0.29, 0.717) is 16.6 Å². The minimum absolute atomic E-state index is 0.0514. The lowest BCUT2D eigenvalue weighted by Crippen LogP contribution is -2.29. The molecule has 0 unspecified atom stereocenters. The van der Waals surface area contributed by atoms with Crippen molar-refractivity contribution in [2.24, 2.45) is 0 Å². The van der Waals surface area contributed by atoms with Gasteiger partial charge in [-0.2, -0.15) is 0 Å². The van der Waals surface area contributed by atoms with Crippen LogP contribution in [-0.4, -0.2) is 26.6 Å². The van der Waals surface area contributed by atoms with E-state index < -0.39 is 10.0 Å². The summed E-state index contributed by atoms with van der Waals surface area (Å²) in [7, 11) is -3.44. The van der Waals surface area contributed by atoms with E-state index in [1.54, 1.807) is 6.07 Å². The number of rotatable bonds is 6. The molecule has 1 heterocycles. The van der Waals surface area contributed by atoms with E-state index in [1.165, 1.54) is 21.9 Å². The van der Waals surface area contributed by atoms with Crippen molar-refractivity contribution in [1.29, 1.82) is 0 Å². The second-order valence-corrected chi connectivity index (χ2v) is 9.83. The molecule has 1 amide bonds. The number of nitrogens with zero attached hydrogens (tertiary/aromatic N) is 1. The Kier molecular flexibility index (Phi) is 4.65. The van der Waals surface area contributed by atoms with Gasteiger partial charge in [-0.05, 0) is 48.1 Å². The number of fused-ring (bicyclic) bond motifs is 1. The van der Waals surface area contributed by atoms with Crippen molar-refractivity contribution >= 4 is 43.0 Å². The molecule has 4 rings (SSSR count). The van der Waals surface area contributed by atoms with Crippen LogP contribution in [0.15, 0.2) is 54.6 Å². The maximum Gasteiger partial charge on any atom is 0.261 e. The number of sulfonamides is 1. The largest absolute Gasteiger partial charge is 0.349 e. The zero-order chi connectivity index (χ0) is 19.0. The number of carbonyl (C=O) groups excluding carboxylic acids is 1. The van der Waals surface area contributed by atoms with Crippen molar-refractivity contribution in [3.05, 3.63) is 65.0 Å². The van der Waals surface area contributed by atoms with Crippen LogP contribution < -0.4 is 9.62 Å². The minimum Gasteiger partial charge on any atom is -0.349 e. The molecular formula is C20H20N2O3S2. The SMILES string of the molecule is CS(=O)(=O)N(Cc1ccccc1)c1ccc2sc(C(=O)NC3CC3)cc2c1. The average Bonchev–Trinajstić information content (AvgIpc) is 3.34. The van der Waals surface area contributed by atoms with E-state index >= 15 is 0 Å². The number of carbonyl (C=O) groups is 1. The maximum absolute atomic E-state index is 12.4. The molecule has 5 nitrogen and oxygen atoms in total. The van der Waals surface area contributed by atoms with Gasteiger partial charge in [-0.1, -0.05) is 30.3 Å². The minimum atomic E-state index is -3.44. The second kappa shape index (κ2) is 6.98. The predicted molar refractivity (Wildman–Crippen MR) is 110 cm³/mol. The van der Waals surface area contributed by atoms with Crippen LogP contribution in [-0.2, 0) is 16.6 Å². The Hall–Kier alpha value is -2.38. The van der Waals surface area contributed by atoms with Crippen LogP contribution in [0.2, 0.25) is 0 Å². The highest BCUT2D eigenvalue weighted by molar-refractivity contribution is 7.92. The van der Waals surface area contributed by atoms with Crippen LogP contribution in [0, 0.1) is 0 Å². The molecule has 0 radical (unpaired) electrons. The third-order valence-corrected chi connectivity index (χ3v) is 6.75. The van der Waals surface area contributed by atoms with E-state index in [2.05, 4.69) is 5.32 Å². The van der Waals surface area contributed by atoms with Crippen LogP contribution >= 0.6 is 11.3 Å². The number of nitrogens with one attached hydrogen (secondary N) is 1. The lowest BCUT2D eigenvalue weighted by molar-refractivity contribution is 0.0955. The highest BCUT2D eigenvalue weighted by atomic mass is 32.2. The Labute approximate surface area is 162 Å². The van der Waals surface area contributed by atoms with Crippen LogP contribution in [0.1, 0.15) is 28.1 Å². The molecule has 1 N–H and O–H groups in total. The zero-order valence-corrected chi connectivity index (χ0v) is 16.5. The first-order chi connectivity index (χ1) is 12.9. The van der Waals surface area contributed by atoms with Gasteiger partial charge in [-0.15, -0.1) is 11.3 Å². The summed E-state index contributed by atoms with van der Waals surface area (Å²) >= 11 is 1.43. The van der Waals surface area contributed by atoms with Gasteiger partial charge in [-0.3, -0.25) is 9.10 Å². The van der Waals surface area contributed by atoms with Gasteiger partial charge in [0.15, 0.2) is 0 Å². The molecule has 0 atom stereocenters. The van der Waals surface area contributed by atoms with Crippen LogP contribution in [0.4, 0.5) is 5.69 Å². The Morgan fingerprint density at radius 3 is 2.56 bits per heavy atom. The molecule has 0 bridgehead atoms. The highest BCUT2D eigenvalue weighted by Crippen LogP contribution is 2.31. The summed E-state index contributed by atoms with van der Waals surface area (Å²) in [5, 5.41) is 3.87. The van der Waals surface area contributed by atoms with E-state index in [4.69, 9.17) is 0 Å². The molecule has 0 spiro atoms. The fourth-order valence-corrected chi connectivity index (χ4v) is 4.76. The highest BCUT2D eigenvalue weighted by Gasteiger charge is 2.25. The molecule has 27 heavy (non-hydrogen) atoms. The van der Waals surface area contributed by atoms with Crippen molar-refractivity contribution in [2.45, 2.75) is 25.4 Å². The van der Waals surface area contributed by atoms with E-state index in [9.17, 15) is 13.2 Å². The molecule has 1 aliphatic carbocycles. The molecule has 140 valence electrons. The fraction of sp³-hybridized carbons (Fsp3) is 0.250. The van der Waals surface area contributed by atoms with Crippen LogP contribution in [0.3, 0.4) is 0 Å². The summed E-state index contributed by atoms with van der Waals surface area (Å²) in [6.45, 7) is 0.268. The molecular weight excluding hydrogens is 380 g/mol. The van der Waals surface area contributed by atoms with Crippen molar-refractivity contribution < 1.29 is 13.2 Å². The normalized spacial score (nSPS) is 14.3. The smallest absolute Gasteiger partial charge is 0.261 e. The van der Waals surface area contributed by atoms with E-state index in [-0.39, 0.29) is 12.5 Å². The van der Waals surface area contributed by atoms with Crippen molar-refractivity contribution in [3.8, 4) is 0 Å². The molecule has 2 aromatic carbocycles. The van der Waals surface area contributed by atoms with Crippen molar-refractivity contribution in [1.82, 2.24) is 5.32 Å². The lowest BCUT2D eigenvalue weighted by atomic mass is 10.2. The number of amides is 1. The molecule has 0 saturated heterocycles. The van der Waals surface area contributed by atoms with Gasteiger partial charge in [0.25, 0.3) is 5.91 Å². The van der Waals surface area contributed by atoms with Gasteiger partial charge < -0.3 is 5.32 Å². The van der Waals surface area contributed by atoms with Gasteiger partial charge >= 0.3 is 0 Å². The quantitative estimate of drug-likeness (QED) is 0.685. The van der Waals surface area contributed by atoms with Gasteiger partial charge in [0.1, 0.15) is 0 Å². The third kappa shape index (κ3) is 4.14. The molecule has 1 aliphatic rings. The zero-order valence-electron chi connectivity index (χ0n) is 14.9. The first-order valence-corrected chi connectivity index (χ1v) is 11.4. The maximum atomic E-state index is 12.4. The summed E-state index contributed by atoms with van der Waals surface area (Å²) in [5.74, 6) is -0.0514. The van der Waals surface area contributed by atoms with Gasteiger partial charge in [0.05, 0.1) is 23.4 Å². The summed E-state index contributed by atoms with van der Waals surface area (Å²) in [4.78, 5) is 12.9. The first kappa shape index (κ1) is 18.0. The van der Waals surface area contributed by atoms with E-state index in [0.717, 1.165) is 28.5 Å². The summed E-state index contributed by atoms with van der Waals surface area (Å²) in [6, 6.07) is 17.2. The Balaban J connectivity index is 1.66. The molecule has 7 heteroatoms. The Morgan fingerprint density at radius 2 is 1.89 bits per heavy atom. The number of anilines is 1. The topological polar surface area (TPSA) is 66.5 Å². The second-order valence-electron chi connectivity index (χ2n) is 6.84. The molecule has 0 aliphatic heterocycles. The van der Waals surface area contributed by atoms with Gasteiger partial charge in [0, 0.05) is 10.7 Å². The lowest BCUT2D eigenvalue weighted by Gasteiger charge is -2.22. The van der Waals surface area contributed by atoms with Crippen LogP contribution in [0.25, 0.3) is 10.1 Å². The van der Waals surface area contributed by atoms with E-state index in [1.807, 2.05) is 48.5 Å². The Morgan fingerprint density at radius 1 is 1.15 bits per heavy atom. The summed E-state index contributed by atoms with van der Waals surface area (Å²) < 4.78 is 27.1. The molecule has 1 aromatic heterocycles. The van der Waals surface area contributed by atoms with Gasteiger partial charge in [-0.25, -0.2) is 8.42 Å². The monoisotopic (exact) mass is 400 g/mol. The first-order valence-electron chi connectivity index (χ1n) is 8.76. The number of thiophene rings is 1. The summed E-state index contributed by atoms with van der Waals surface area (Å²) in [6.07, 6.45) is 3.30. The third-order valence-electron chi connectivity index (χ3n) is 4.49. The number of hydrogen-bond acceptors (Lipinski definition) is 4. The van der Waals surface area contributed by atoms with Crippen LogP contribution in [0.5, 0.6) is 0 Å². The predicted octanol–water partition coefficient (Wildman–Crippen LogP) is 3.76. The fourth-order valence-electron chi connectivity index (χ4n) is 2.93. The average molecular weight is 401 g/mol.